The van der Waals surface area contributed by atoms with E-state index in [0.29, 0.717) is 5.92 Å². The number of rotatable bonds is 7. The second-order valence-corrected chi connectivity index (χ2v) is 16.2. The van der Waals surface area contributed by atoms with E-state index in [1.54, 1.807) is 6.08 Å². The third-order valence-corrected chi connectivity index (χ3v) is 11.3. The molecule has 8 rings (SSSR count). The minimum Gasteiger partial charge on any atom is -0.465 e. The molecule has 1 heteroatoms. The molecule has 2 aliphatic rings. The summed E-state index contributed by atoms with van der Waals surface area (Å²) in [7, 11) is 0. The van der Waals surface area contributed by atoms with Crippen molar-refractivity contribution in [3.05, 3.63) is 203 Å². The fourth-order valence-electron chi connectivity index (χ4n) is 8.36. The topological polar surface area (TPSA) is 13.1 Å². The van der Waals surface area contributed by atoms with Gasteiger partial charge in [0.25, 0.3) is 0 Å². The summed E-state index contributed by atoms with van der Waals surface area (Å²) in [6.45, 7) is 33.6. The Bertz CT molecular complexity index is 2470. The summed E-state index contributed by atoms with van der Waals surface area (Å²) in [5, 5.41) is 0. The SMILES string of the molecule is C=C/C=C\c1c(C)oc2c1C(C(C)C)=CCC2.C=Cc1c(-c2cccc(C)c2)cc2c(c1C=C)-c1ccc(C)cc1C2(C)C.CC.Cc1ccc(-c2ccccc2)cc1. The van der Waals surface area contributed by atoms with Gasteiger partial charge in [-0.1, -0.05) is 211 Å². The standard InChI is InChI=1S/C27H26.C16H20O.C13H12.C2H6/c1-7-20-21(8-2)26-22-13-12-18(4)15-24(22)27(5,6)25(26)16-23(20)19-11-9-10-17(3)14-19;1-5-6-8-14-12(4)17-15-10-7-9-13(11(2)3)16(14)15;1-11-7-9-13(10-8-11)12-5-3-2-4-6-12;1-2/h7-16H,1-2H2,3-6H3;5-6,8-9,11H,1,7,10H2,2-4H3;2-10H,1H3;1-2H3/b;8-6-;;. The zero-order chi connectivity index (χ0) is 42.9. The minimum atomic E-state index is -0.0350. The van der Waals surface area contributed by atoms with Gasteiger partial charge in [0.2, 0.25) is 0 Å². The highest BCUT2D eigenvalue weighted by atomic mass is 16.3. The van der Waals surface area contributed by atoms with E-state index in [1.807, 2.05) is 45.1 Å². The molecule has 302 valence electrons. The summed E-state index contributed by atoms with van der Waals surface area (Å²) < 4.78 is 5.89. The number of furan rings is 1. The van der Waals surface area contributed by atoms with Crippen molar-refractivity contribution in [2.45, 2.75) is 87.5 Å². The summed E-state index contributed by atoms with van der Waals surface area (Å²) in [6, 6.07) is 36.9. The van der Waals surface area contributed by atoms with Crippen molar-refractivity contribution in [2.75, 3.05) is 0 Å². The Morgan fingerprint density at radius 2 is 1.24 bits per heavy atom. The number of hydrogen-bond donors (Lipinski definition) is 0. The van der Waals surface area contributed by atoms with E-state index < -0.39 is 0 Å². The molecular formula is C58H64O. The van der Waals surface area contributed by atoms with Gasteiger partial charge in [-0.05, 0) is 107 Å². The van der Waals surface area contributed by atoms with E-state index in [-0.39, 0.29) is 5.41 Å². The molecule has 1 aromatic heterocycles. The Kier molecular flexibility index (Phi) is 14.7. The lowest BCUT2D eigenvalue weighted by molar-refractivity contribution is 0.480. The van der Waals surface area contributed by atoms with Gasteiger partial charge in [-0.15, -0.1) is 0 Å². The van der Waals surface area contributed by atoms with E-state index in [9.17, 15) is 0 Å². The van der Waals surface area contributed by atoms with Crippen molar-refractivity contribution >= 4 is 23.8 Å². The number of hydrogen-bond acceptors (Lipinski definition) is 1. The monoisotopic (exact) mass is 776 g/mol. The van der Waals surface area contributed by atoms with Gasteiger partial charge in [0.15, 0.2) is 0 Å². The maximum absolute atomic E-state index is 5.89. The lowest BCUT2D eigenvalue weighted by Crippen LogP contribution is -2.15. The van der Waals surface area contributed by atoms with E-state index in [1.165, 1.54) is 89.0 Å². The molecule has 0 spiro atoms. The van der Waals surface area contributed by atoms with Gasteiger partial charge in [-0.3, -0.25) is 0 Å². The van der Waals surface area contributed by atoms with Crippen LogP contribution < -0.4 is 0 Å². The fraction of sp³-hybridized carbons (Fsp3) is 0.241. The summed E-state index contributed by atoms with van der Waals surface area (Å²) in [5.41, 5.74) is 20.6. The first-order valence-electron chi connectivity index (χ1n) is 21.3. The van der Waals surface area contributed by atoms with Crippen LogP contribution in [0.4, 0.5) is 0 Å². The van der Waals surface area contributed by atoms with E-state index in [4.69, 9.17) is 4.42 Å². The maximum Gasteiger partial charge on any atom is 0.112 e. The zero-order valence-electron chi connectivity index (χ0n) is 37.3. The molecule has 0 N–H and O–H groups in total. The van der Waals surface area contributed by atoms with Crippen molar-refractivity contribution in [3.8, 4) is 33.4 Å². The molecule has 1 heterocycles. The lowest BCUT2D eigenvalue weighted by atomic mass is 9.79. The van der Waals surface area contributed by atoms with Crippen LogP contribution in [0.2, 0.25) is 0 Å². The summed E-state index contributed by atoms with van der Waals surface area (Å²) in [5.74, 6) is 2.71. The summed E-state index contributed by atoms with van der Waals surface area (Å²) >= 11 is 0. The number of allylic oxidation sites excluding steroid dienone is 4. The number of benzene rings is 5. The first kappa shape index (κ1) is 44.2. The van der Waals surface area contributed by atoms with Gasteiger partial charge >= 0.3 is 0 Å². The van der Waals surface area contributed by atoms with Crippen molar-refractivity contribution in [1.29, 1.82) is 0 Å². The van der Waals surface area contributed by atoms with E-state index in [0.717, 1.165) is 24.4 Å². The molecule has 5 aromatic carbocycles. The van der Waals surface area contributed by atoms with E-state index in [2.05, 4.69) is 177 Å². The van der Waals surface area contributed by atoms with Crippen LogP contribution in [0.1, 0.15) is 110 Å². The maximum atomic E-state index is 5.89. The van der Waals surface area contributed by atoms with Crippen LogP contribution in [0.5, 0.6) is 0 Å². The molecule has 0 saturated carbocycles. The van der Waals surface area contributed by atoms with Crippen LogP contribution >= 0.6 is 0 Å². The molecule has 0 fully saturated rings. The summed E-state index contributed by atoms with van der Waals surface area (Å²) in [6.07, 6.45) is 14.3. The Labute approximate surface area is 356 Å². The van der Waals surface area contributed by atoms with Gasteiger partial charge in [-0.2, -0.15) is 0 Å². The predicted molar refractivity (Wildman–Crippen MR) is 261 cm³/mol. The molecule has 0 unspecified atom stereocenters. The van der Waals surface area contributed by atoms with Gasteiger partial charge in [0.1, 0.15) is 11.5 Å². The molecule has 0 bridgehead atoms. The van der Waals surface area contributed by atoms with Gasteiger partial charge < -0.3 is 4.42 Å². The second kappa shape index (κ2) is 19.7. The van der Waals surface area contributed by atoms with Crippen molar-refractivity contribution in [3.63, 3.8) is 0 Å². The van der Waals surface area contributed by atoms with Crippen LogP contribution in [-0.4, -0.2) is 0 Å². The number of aryl methyl sites for hydroxylation is 5. The average Bonchev–Trinajstić information content (AvgIpc) is 3.69. The Balaban J connectivity index is 0.000000177. The molecule has 0 radical (unpaired) electrons. The molecule has 0 saturated heterocycles. The minimum absolute atomic E-state index is 0.0350. The predicted octanol–water partition coefficient (Wildman–Crippen LogP) is 17.0. The number of fused-ring (bicyclic) bond motifs is 4. The quantitative estimate of drug-likeness (QED) is 0.147. The molecule has 0 atom stereocenters. The zero-order valence-corrected chi connectivity index (χ0v) is 37.3. The van der Waals surface area contributed by atoms with Crippen LogP contribution in [-0.2, 0) is 11.8 Å². The molecule has 6 aromatic rings. The van der Waals surface area contributed by atoms with Crippen LogP contribution in [0.3, 0.4) is 0 Å². The molecule has 0 aliphatic heterocycles. The largest absolute Gasteiger partial charge is 0.465 e. The molecule has 1 nitrogen and oxygen atoms in total. The average molecular weight is 777 g/mol. The summed E-state index contributed by atoms with van der Waals surface area (Å²) in [4.78, 5) is 0. The fourth-order valence-corrected chi connectivity index (χ4v) is 8.36. The molecule has 0 amide bonds. The highest BCUT2D eigenvalue weighted by Crippen LogP contribution is 2.53. The first-order chi connectivity index (χ1) is 28.4. The van der Waals surface area contributed by atoms with Crippen LogP contribution in [0, 0.1) is 33.6 Å². The van der Waals surface area contributed by atoms with Crippen molar-refractivity contribution in [1.82, 2.24) is 0 Å². The highest BCUT2D eigenvalue weighted by Gasteiger charge is 2.38. The van der Waals surface area contributed by atoms with Crippen LogP contribution in [0.25, 0.3) is 57.2 Å². The van der Waals surface area contributed by atoms with Gasteiger partial charge in [0.05, 0.1) is 0 Å². The first-order valence-corrected chi connectivity index (χ1v) is 21.3. The van der Waals surface area contributed by atoms with Gasteiger partial charge in [-0.25, -0.2) is 0 Å². The Morgan fingerprint density at radius 3 is 1.86 bits per heavy atom. The molecular weight excluding hydrogens is 713 g/mol. The third-order valence-electron chi connectivity index (χ3n) is 11.3. The molecule has 59 heavy (non-hydrogen) atoms. The normalized spacial score (nSPS) is 13.0. The highest BCUT2D eigenvalue weighted by molar-refractivity contribution is 5.95. The van der Waals surface area contributed by atoms with E-state index >= 15 is 0 Å². The van der Waals surface area contributed by atoms with Crippen LogP contribution in [0.15, 0.2) is 146 Å². The van der Waals surface area contributed by atoms with Crippen molar-refractivity contribution < 1.29 is 4.42 Å². The Morgan fingerprint density at radius 1 is 0.610 bits per heavy atom. The third kappa shape index (κ3) is 9.53. The Hall–Kier alpha value is -5.92. The lowest BCUT2D eigenvalue weighted by Gasteiger charge is -2.24. The smallest absolute Gasteiger partial charge is 0.112 e. The van der Waals surface area contributed by atoms with Crippen molar-refractivity contribution in [2.24, 2.45) is 5.92 Å². The molecule has 2 aliphatic carbocycles. The van der Waals surface area contributed by atoms with Gasteiger partial charge in [0, 0.05) is 23.0 Å². The second-order valence-electron chi connectivity index (χ2n) is 16.2.